The predicted molar refractivity (Wildman–Crippen MR) is 136 cm³/mol. The Balaban J connectivity index is 1.41. The van der Waals surface area contributed by atoms with E-state index in [1.54, 1.807) is 48.0 Å². The van der Waals surface area contributed by atoms with Crippen molar-refractivity contribution in [2.45, 2.75) is 13.8 Å². The molecule has 178 valence electrons. The molecule has 10 heteroatoms. The zero-order chi connectivity index (χ0) is 24.5. The number of nitrogens with zero attached hydrogens (tertiary/aromatic N) is 6. The van der Waals surface area contributed by atoms with Crippen molar-refractivity contribution < 1.29 is 4.79 Å². The summed E-state index contributed by atoms with van der Waals surface area (Å²) in [5.74, 6) is 1.30. The van der Waals surface area contributed by atoms with Gasteiger partial charge in [-0.2, -0.15) is 0 Å². The van der Waals surface area contributed by atoms with Gasteiger partial charge < -0.3 is 20.9 Å². The Kier molecular flexibility index (Phi) is 5.77. The molecule has 4 heterocycles. The Morgan fingerprint density at radius 1 is 0.943 bits per heavy atom. The molecule has 0 bridgehead atoms. The quantitative estimate of drug-likeness (QED) is 0.436. The second-order valence-corrected chi connectivity index (χ2v) is 8.56. The number of aryl methyl sites for hydroxylation is 1. The Labute approximate surface area is 202 Å². The average molecular weight is 471 g/mol. The number of aromatic nitrogens is 4. The second kappa shape index (κ2) is 9.05. The molecule has 0 radical (unpaired) electrons. The number of carbonyl (C=O) groups excluding carboxylic acids is 1. The van der Waals surface area contributed by atoms with E-state index in [0.29, 0.717) is 47.1 Å². The van der Waals surface area contributed by atoms with Gasteiger partial charge in [0.15, 0.2) is 0 Å². The van der Waals surface area contributed by atoms with Crippen molar-refractivity contribution in [3.05, 3.63) is 70.9 Å². The Hall–Kier alpha value is -4.47. The highest BCUT2D eigenvalue weighted by atomic mass is 16.2. The van der Waals surface area contributed by atoms with Crippen molar-refractivity contribution in [1.82, 2.24) is 24.4 Å². The molecule has 0 atom stereocenters. The van der Waals surface area contributed by atoms with E-state index in [1.807, 2.05) is 24.1 Å². The summed E-state index contributed by atoms with van der Waals surface area (Å²) in [6.45, 7) is 6.61. The summed E-state index contributed by atoms with van der Waals surface area (Å²) < 4.78 is 1.58. The molecule has 1 amide bonds. The normalized spacial score (nSPS) is 13.8. The molecule has 3 N–H and O–H groups in total. The summed E-state index contributed by atoms with van der Waals surface area (Å²) in [4.78, 5) is 41.6. The first kappa shape index (κ1) is 22.3. The van der Waals surface area contributed by atoms with Gasteiger partial charge in [0.1, 0.15) is 17.2 Å². The van der Waals surface area contributed by atoms with Crippen LogP contribution in [-0.4, -0.2) is 56.5 Å². The summed E-state index contributed by atoms with van der Waals surface area (Å²) in [6, 6.07) is 10.8. The molecular formula is C25H26N8O2. The number of benzene rings is 1. The van der Waals surface area contributed by atoms with Crippen molar-refractivity contribution >= 4 is 40.0 Å². The highest BCUT2D eigenvalue weighted by molar-refractivity contribution is 5.79. The molecule has 1 saturated heterocycles. The molecular weight excluding hydrogens is 444 g/mol. The Morgan fingerprint density at radius 2 is 1.63 bits per heavy atom. The molecule has 3 aromatic heterocycles. The smallest absolute Gasteiger partial charge is 0.274 e. The van der Waals surface area contributed by atoms with Crippen LogP contribution in [0.2, 0.25) is 0 Å². The molecule has 10 nitrogen and oxygen atoms in total. The highest BCUT2D eigenvalue weighted by Gasteiger charge is 2.20. The van der Waals surface area contributed by atoms with Gasteiger partial charge in [-0.3, -0.25) is 14.2 Å². The number of carbonyl (C=O) groups is 1. The third kappa shape index (κ3) is 4.50. The molecule has 1 aliphatic heterocycles. The van der Waals surface area contributed by atoms with Crippen molar-refractivity contribution in [1.29, 1.82) is 0 Å². The van der Waals surface area contributed by atoms with E-state index in [2.05, 4.69) is 25.2 Å². The lowest BCUT2D eigenvalue weighted by Gasteiger charge is -2.36. The van der Waals surface area contributed by atoms with Crippen LogP contribution in [0.5, 0.6) is 0 Å². The summed E-state index contributed by atoms with van der Waals surface area (Å²) >= 11 is 0. The monoisotopic (exact) mass is 470 g/mol. The largest absolute Gasteiger partial charge is 0.399 e. The SMILES string of the molecule is CC(=O)N1CCN(c2cnc(Nc3cc4c(cn3)ncc(=O)n4-c3ccc(N)cc3)cc2C)CC1. The number of rotatable bonds is 4. The molecule has 4 aromatic rings. The van der Waals surface area contributed by atoms with Crippen LogP contribution >= 0.6 is 0 Å². The lowest BCUT2D eigenvalue weighted by Crippen LogP contribution is -2.48. The maximum absolute atomic E-state index is 12.7. The summed E-state index contributed by atoms with van der Waals surface area (Å²) in [5, 5.41) is 3.24. The van der Waals surface area contributed by atoms with Crippen LogP contribution in [0, 0.1) is 6.92 Å². The molecule has 0 spiro atoms. The predicted octanol–water partition coefficient (Wildman–Crippen LogP) is 2.48. The number of nitrogen functional groups attached to an aromatic ring is 1. The van der Waals surface area contributed by atoms with Gasteiger partial charge in [-0.25, -0.2) is 15.0 Å². The fourth-order valence-electron chi connectivity index (χ4n) is 4.32. The topological polar surface area (TPSA) is 122 Å². The average Bonchev–Trinajstić information content (AvgIpc) is 2.85. The Bertz CT molecular complexity index is 1460. The summed E-state index contributed by atoms with van der Waals surface area (Å²) in [5.41, 5.74) is 10.2. The number of amides is 1. The molecule has 1 fully saturated rings. The van der Waals surface area contributed by atoms with Crippen LogP contribution in [-0.2, 0) is 4.79 Å². The van der Waals surface area contributed by atoms with Gasteiger partial charge in [0.25, 0.3) is 5.56 Å². The van der Waals surface area contributed by atoms with Crippen LogP contribution in [0.15, 0.2) is 59.8 Å². The van der Waals surface area contributed by atoms with Crippen LogP contribution < -0.4 is 21.5 Å². The third-order valence-corrected chi connectivity index (χ3v) is 6.19. The molecule has 5 rings (SSSR count). The number of hydrogen-bond acceptors (Lipinski definition) is 8. The number of nitrogens with two attached hydrogens (primary N) is 1. The minimum atomic E-state index is -0.248. The third-order valence-electron chi connectivity index (χ3n) is 6.19. The zero-order valence-electron chi connectivity index (χ0n) is 19.6. The molecule has 0 saturated carbocycles. The van der Waals surface area contributed by atoms with E-state index >= 15 is 0 Å². The van der Waals surface area contributed by atoms with Gasteiger partial charge in [0.05, 0.1) is 29.8 Å². The van der Waals surface area contributed by atoms with E-state index in [0.717, 1.165) is 24.3 Å². The van der Waals surface area contributed by atoms with Gasteiger partial charge in [-0.15, -0.1) is 0 Å². The van der Waals surface area contributed by atoms with Crippen molar-refractivity contribution in [2.24, 2.45) is 0 Å². The molecule has 0 aliphatic carbocycles. The van der Waals surface area contributed by atoms with Gasteiger partial charge in [0, 0.05) is 50.5 Å². The lowest BCUT2D eigenvalue weighted by atomic mass is 10.2. The van der Waals surface area contributed by atoms with Crippen LogP contribution in [0.25, 0.3) is 16.7 Å². The maximum atomic E-state index is 12.7. The van der Waals surface area contributed by atoms with E-state index < -0.39 is 0 Å². The van der Waals surface area contributed by atoms with E-state index in [9.17, 15) is 9.59 Å². The van der Waals surface area contributed by atoms with Crippen molar-refractivity contribution in [3.63, 3.8) is 0 Å². The Morgan fingerprint density at radius 3 is 2.31 bits per heavy atom. The number of piperazine rings is 1. The number of fused-ring (bicyclic) bond motifs is 1. The number of pyridine rings is 2. The number of hydrogen-bond donors (Lipinski definition) is 2. The van der Waals surface area contributed by atoms with Crippen LogP contribution in [0.4, 0.5) is 23.0 Å². The fourth-order valence-corrected chi connectivity index (χ4v) is 4.32. The first-order chi connectivity index (χ1) is 16.9. The summed E-state index contributed by atoms with van der Waals surface area (Å²) in [7, 11) is 0. The van der Waals surface area contributed by atoms with E-state index in [1.165, 1.54) is 6.20 Å². The first-order valence-corrected chi connectivity index (χ1v) is 11.4. The van der Waals surface area contributed by atoms with Crippen LogP contribution in [0.3, 0.4) is 0 Å². The minimum absolute atomic E-state index is 0.110. The van der Waals surface area contributed by atoms with Crippen molar-refractivity contribution in [2.75, 3.05) is 42.1 Å². The van der Waals surface area contributed by atoms with Gasteiger partial charge in [0.2, 0.25) is 5.91 Å². The second-order valence-electron chi connectivity index (χ2n) is 8.56. The first-order valence-electron chi connectivity index (χ1n) is 11.4. The zero-order valence-corrected chi connectivity index (χ0v) is 19.6. The number of nitrogens with one attached hydrogen (secondary N) is 1. The lowest BCUT2D eigenvalue weighted by molar-refractivity contribution is -0.129. The molecule has 1 aromatic carbocycles. The minimum Gasteiger partial charge on any atom is -0.399 e. The van der Waals surface area contributed by atoms with Crippen molar-refractivity contribution in [3.8, 4) is 5.69 Å². The highest BCUT2D eigenvalue weighted by Crippen LogP contribution is 2.25. The number of anilines is 4. The van der Waals surface area contributed by atoms with Gasteiger partial charge in [-0.05, 0) is 42.8 Å². The van der Waals surface area contributed by atoms with E-state index in [-0.39, 0.29) is 11.5 Å². The van der Waals surface area contributed by atoms with Crippen LogP contribution in [0.1, 0.15) is 12.5 Å². The van der Waals surface area contributed by atoms with E-state index in [4.69, 9.17) is 5.73 Å². The molecule has 35 heavy (non-hydrogen) atoms. The van der Waals surface area contributed by atoms with Gasteiger partial charge >= 0.3 is 0 Å². The maximum Gasteiger partial charge on any atom is 0.274 e. The standard InChI is InChI=1S/C25H26N8O2/c1-16-11-23(29-14-22(16)32-9-7-31(8-10-32)17(2)34)30-24-12-21-20(13-28-24)27-15-25(35)33(21)19-5-3-18(26)4-6-19/h3-6,11-15H,7-10,26H2,1-2H3,(H,28,29,30). The molecule has 0 unspecified atom stereocenters. The fraction of sp³-hybridized carbons (Fsp3) is 0.240. The molecule has 1 aliphatic rings. The summed E-state index contributed by atoms with van der Waals surface area (Å²) in [6.07, 6.45) is 4.75. The van der Waals surface area contributed by atoms with Gasteiger partial charge in [-0.1, -0.05) is 0 Å².